The van der Waals surface area contributed by atoms with Crippen LogP contribution in [0.1, 0.15) is 62.8 Å². The summed E-state index contributed by atoms with van der Waals surface area (Å²) in [5, 5.41) is 0. The van der Waals surface area contributed by atoms with E-state index in [9.17, 15) is 0 Å². The molecule has 0 aliphatic carbocycles. The monoisotopic (exact) mass is 276 g/mol. The molecule has 0 heterocycles. The highest BCUT2D eigenvalue weighted by atomic mass is 15.2. The molecule has 1 aromatic rings. The molecule has 0 fully saturated rings. The van der Waals surface area contributed by atoms with E-state index in [0.29, 0.717) is 18.6 Å². The molecule has 1 aromatic carbocycles. The lowest BCUT2D eigenvalue weighted by molar-refractivity contribution is 0.154. The van der Waals surface area contributed by atoms with E-state index in [2.05, 4.69) is 57.7 Å². The summed E-state index contributed by atoms with van der Waals surface area (Å²) in [7, 11) is 0. The molecule has 1 rings (SSSR count). The Morgan fingerprint density at radius 2 is 1.80 bits per heavy atom. The van der Waals surface area contributed by atoms with Crippen LogP contribution in [0.4, 0.5) is 0 Å². The Morgan fingerprint density at radius 3 is 2.30 bits per heavy atom. The quantitative estimate of drug-likeness (QED) is 0.721. The molecule has 0 spiro atoms. The minimum absolute atomic E-state index is 0.339. The fourth-order valence-corrected chi connectivity index (χ4v) is 2.75. The number of benzene rings is 1. The Bertz CT molecular complexity index is 398. The number of rotatable bonds is 8. The molecule has 0 aromatic heterocycles. The Hall–Kier alpha value is -0.860. The predicted molar refractivity (Wildman–Crippen MR) is 89.1 cm³/mol. The number of hydrogen-bond acceptors (Lipinski definition) is 2. The molecule has 0 aliphatic heterocycles. The third-order valence-electron chi connectivity index (χ3n) is 4.22. The van der Waals surface area contributed by atoms with E-state index in [1.165, 1.54) is 36.0 Å². The van der Waals surface area contributed by atoms with E-state index in [0.717, 1.165) is 6.54 Å². The van der Waals surface area contributed by atoms with Crippen molar-refractivity contribution in [1.82, 2.24) is 4.90 Å². The minimum atomic E-state index is 0.339. The molecular formula is C18H32N2. The van der Waals surface area contributed by atoms with Gasteiger partial charge in [0.25, 0.3) is 0 Å². The molecule has 0 saturated carbocycles. The summed E-state index contributed by atoms with van der Waals surface area (Å²) in [6.07, 6.45) is 3.83. The highest BCUT2D eigenvalue weighted by Crippen LogP contribution is 2.24. The fraction of sp³-hybridized carbons (Fsp3) is 0.667. The molecule has 20 heavy (non-hydrogen) atoms. The average Bonchev–Trinajstić information content (AvgIpc) is 2.41. The van der Waals surface area contributed by atoms with Gasteiger partial charge in [-0.2, -0.15) is 0 Å². The van der Waals surface area contributed by atoms with Gasteiger partial charge in [-0.05, 0) is 57.4 Å². The maximum absolute atomic E-state index is 6.09. The first kappa shape index (κ1) is 17.2. The van der Waals surface area contributed by atoms with Crippen LogP contribution in [0.25, 0.3) is 0 Å². The van der Waals surface area contributed by atoms with Crippen LogP contribution in [0.5, 0.6) is 0 Å². The summed E-state index contributed by atoms with van der Waals surface area (Å²) >= 11 is 0. The van der Waals surface area contributed by atoms with Gasteiger partial charge in [-0.3, -0.25) is 4.90 Å². The molecule has 2 nitrogen and oxygen atoms in total. The number of nitrogens with two attached hydrogens (primary N) is 1. The van der Waals surface area contributed by atoms with Crippen LogP contribution >= 0.6 is 0 Å². The molecule has 1 atom stereocenters. The summed E-state index contributed by atoms with van der Waals surface area (Å²) in [5.74, 6) is 0. The summed E-state index contributed by atoms with van der Waals surface area (Å²) < 4.78 is 0. The number of unbranched alkanes of at least 4 members (excludes halogenated alkanes) is 2. The van der Waals surface area contributed by atoms with E-state index >= 15 is 0 Å². The standard InChI is InChI=1S/C18H32N2/c1-6-7-8-11-20(14(2)3)18(13-19)17-10-9-15(4)16(5)12-17/h9-10,12,14,18H,6-8,11,13,19H2,1-5H3. The van der Waals surface area contributed by atoms with Gasteiger partial charge in [0, 0.05) is 18.6 Å². The first-order chi connectivity index (χ1) is 9.51. The van der Waals surface area contributed by atoms with Gasteiger partial charge in [0.15, 0.2) is 0 Å². The molecular weight excluding hydrogens is 244 g/mol. The van der Waals surface area contributed by atoms with Crippen LogP contribution < -0.4 is 5.73 Å². The molecule has 2 N–H and O–H groups in total. The SMILES string of the molecule is CCCCCN(C(C)C)C(CN)c1ccc(C)c(C)c1. The second-order valence-electron chi connectivity index (χ2n) is 6.13. The van der Waals surface area contributed by atoms with Crippen molar-refractivity contribution in [3.63, 3.8) is 0 Å². The van der Waals surface area contributed by atoms with Gasteiger partial charge in [-0.1, -0.05) is 38.0 Å². The number of aryl methyl sites for hydroxylation is 2. The van der Waals surface area contributed by atoms with Crippen LogP contribution in [0.15, 0.2) is 18.2 Å². The molecule has 1 unspecified atom stereocenters. The van der Waals surface area contributed by atoms with Crippen LogP contribution in [-0.2, 0) is 0 Å². The molecule has 0 bridgehead atoms. The molecule has 114 valence electrons. The Balaban J connectivity index is 2.91. The topological polar surface area (TPSA) is 29.3 Å². The lowest BCUT2D eigenvalue weighted by Crippen LogP contribution is -2.39. The fourth-order valence-electron chi connectivity index (χ4n) is 2.75. The summed E-state index contributed by atoms with van der Waals surface area (Å²) in [4.78, 5) is 2.56. The normalized spacial score (nSPS) is 13.2. The highest BCUT2D eigenvalue weighted by molar-refractivity contribution is 5.32. The van der Waals surface area contributed by atoms with Crippen LogP contribution in [0.3, 0.4) is 0 Å². The Morgan fingerprint density at radius 1 is 1.10 bits per heavy atom. The van der Waals surface area contributed by atoms with Crippen LogP contribution in [-0.4, -0.2) is 24.0 Å². The minimum Gasteiger partial charge on any atom is -0.329 e. The van der Waals surface area contributed by atoms with Gasteiger partial charge in [0.2, 0.25) is 0 Å². The first-order valence-electron chi connectivity index (χ1n) is 8.04. The lowest BCUT2D eigenvalue weighted by atomic mass is 9.98. The Labute approximate surface area is 125 Å². The van der Waals surface area contributed by atoms with Crippen molar-refractivity contribution in [3.8, 4) is 0 Å². The smallest absolute Gasteiger partial charge is 0.0473 e. The van der Waals surface area contributed by atoms with Crippen molar-refractivity contribution in [2.24, 2.45) is 5.73 Å². The molecule has 0 radical (unpaired) electrons. The predicted octanol–water partition coefficient (Wildman–Crippen LogP) is 4.20. The van der Waals surface area contributed by atoms with E-state index in [4.69, 9.17) is 5.73 Å². The van der Waals surface area contributed by atoms with Crippen LogP contribution in [0, 0.1) is 13.8 Å². The van der Waals surface area contributed by atoms with Gasteiger partial charge in [0.05, 0.1) is 0 Å². The third kappa shape index (κ3) is 4.60. The van der Waals surface area contributed by atoms with Gasteiger partial charge >= 0.3 is 0 Å². The van der Waals surface area contributed by atoms with Gasteiger partial charge in [-0.25, -0.2) is 0 Å². The zero-order valence-corrected chi connectivity index (χ0v) is 13.9. The number of nitrogens with zero attached hydrogens (tertiary/aromatic N) is 1. The Kier molecular flexibility index (Phi) is 7.25. The van der Waals surface area contributed by atoms with Crippen molar-refractivity contribution >= 4 is 0 Å². The molecule has 0 saturated heterocycles. The van der Waals surface area contributed by atoms with Crippen LogP contribution in [0.2, 0.25) is 0 Å². The highest BCUT2D eigenvalue weighted by Gasteiger charge is 2.21. The van der Waals surface area contributed by atoms with E-state index in [1.807, 2.05) is 0 Å². The summed E-state index contributed by atoms with van der Waals surface area (Å²) in [6, 6.07) is 7.64. The lowest BCUT2D eigenvalue weighted by Gasteiger charge is -2.35. The van der Waals surface area contributed by atoms with E-state index < -0.39 is 0 Å². The van der Waals surface area contributed by atoms with Crippen molar-refractivity contribution in [2.75, 3.05) is 13.1 Å². The van der Waals surface area contributed by atoms with Crippen molar-refractivity contribution in [3.05, 3.63) is 34.9 Å². The van der Waals surface area contributed by atoms with Gasteiger partial charge in [-0.15, -0.1) is 0 Å². The van der Waals surface area contributed by atoms with E-state index in [-0.39, 0.29) is 0 Å². The zero-order valence-electron chi connectivity index (χ0n) is 13.9. The van der Waals surface area contributed by atoms with E-state index in [1.54, 1.807) is 0 Å². The summed E-state index contributed by atoms with van der Waals surface area (Å²) in [5.41, 5.74) is 10.2. The molecule has 0 amide bonds. The van der Waals surface area contributed by atoms with Gasteiger partial charge in [0.1, 0.15) is 0 Å². The second kappa shape index (κ2) is 8.43. The van der Waals surface area contributed by atoms with Gasteiger partial charge < -0.3 is 5.73 Å². The zero-order chi connectivity index (χ0) is 15.1. The largest absolute Gasteiger partial charge is 0.329 e. The van der Waals surface area contributed by atoms with Crippen molar-refractivity contribution in [2.45, 2.75) is 66.0 Å². The molecule has 0 aliphatic rings. The first-order valence-corrected chi connectivity index (χ1v) is 8.04. The number of hydrogen-bond donors (Lipinski definition) is 1. The van der Waals surface area contributed by atoms with Crippen molar-refractivity contribution in [1.29, 1.82) is 0 Å². The average molecular weight is 276 g/mol. The third-order valence-corrected chi connectivity index (χ3v) is 4.22. The summed E-state index contributed by atoms with van der Waals surface area (Å²) in [6.45, 7) is 13.0. The second-order valence-corrected chi connectivity index (χ2v) is 6.13. The maximum Gasteiger partial charge on any atom is 0.0473 e. The maximum atomic E-state index is 6.09. The molecule has 2 heteroatoms. The van der Waals surface area contributed by atoms with Crippen molar-refractivity contribution < 1.29 is 0 Å².